The molecule has 0 saturated heterocycles. The fourth-order valence-electron chi connectivity index (χ4n) is 2.38. The summed E-state index contributed by atoms with van der Waals surface area (Å²) in [5.41, 5.74) is 2.49. The van der Waals surface area contributed by atoms with Crippen LogP contribution in [-0.2, 0) is 13.0 Å². The summed E-state index contributed by atoms with van der Waals surface area (Å²) in [7, 11) is 0. The zero-order valence-corrected chi connectivity index (χ0v) is 12.0. The van der Waals surface area contributed by atoms with Crippen LogP contribution in [0.15, 0.2) is 42.5 Å². The Hall–Kier alpha value is -2.07. The summed E-state index contributed by atoms with van der Waals surface area (Å²) in [5, 5.41) is 9.37. The van der Waals surface area contributed by atoms with E-state index in [0.717, 1.165) is 22.2 Å². The average Bonchev–Trinajstić information content (AvgIpc) is 2.99. The zero-order valence-electron chi connectivity index (χ0n) is 11.2. The Bertz CT molecular complexity index is 755. The van der Waals surface area contributed by atoms with Gasteiger partial charge in [0.25, 0.3) is 0 Å². The van der Waals surface area contributed by atoms with Crippen molar-refractivity contribution >= 4 is 27.5 Å². The van der Waals surface area contributed by atoms with E-state index in [1.165, 1.54) is 4.88 Å². The number of carboxylic acids is 1. The number of nitrogens with zero attached hydrogens (tertiary/aromatic N) is 1. The number of aromatic nitrogens is 1. The van der Waals surface area contributed by atoms with Crippen LogP contribution in [-0.4, -0.2) is 15.6 Å². The number of thiophene rings is 1. The summed E-state index contributed by atoms with van der Waals surface area (Å²) >= 11 is 1.68. The van der Waals surface area contributed by atoms with Crippen LogP contribution in [0.2, 0.25) is 0 Å². The van der Waals surface area contributed by atoms with Crippen molar-refractivity contribution in [3.8, 4) is 0 Å². The number of aryl methyl sites for hydroxylation is 1. The first-order valence-corrected chi connectivity index (χ1v) is 7.40. The molecule has 0 amide bonds. The number of benzene rings is 1. The van der Waals surface area contributed by atoms with Crippen LogP contribution in [0, 0.1) is 0 Å². The Morgan fingerprint density at radius 1 is 1.25 bits per heavy atom. The van der Waals surface area contributed by atoms with Gasteiger partial charge in [0.15, 0.2) is 0 Å². The molecule has 0 fully saturated rings. The molecule has 0 unspecified atom stereocenters. The van der Waals surface area contributed by atoms with E-state index in [1.807, 2.05) is 34.9 Å². The summed E-state index contributed by atoms with van der Waals surface area (Å²) in [6.45, 7) is 2.70. The molecule has 0 atom stereocenters. The molecule has 0 spiro atoms. The topological polar surface area (TPSA) is 42.2 Å². The number of carboxylic acid groups (broad SMARTS) is 1. The maximum atomic E-state index is 11.4. The number of aromatic carboxylic acids is 1. The van der Waals surface area contributed by atoms with Gasteiger partial charge in [-0.1, -0.05) is 37.3 Å². The number of hydrogen-bond acceptors (Lipinski definition) is 2. The highest BCUT2D eigenvalue weighted by atomic mass is 32.1. The highest BCUT2D eigenvalue weighted by Crippen LogP contribution is 2.30. The van der Waals surface area contributed by atoms with Gasteiger partial charge in [-0.25, -0.2) is 4.79 Å². The molecule has 0 aliphatic heterocycles. The van der Waals surface area contributed by atoms with Crippen molar-refractivity contribution in [3.05, 3.63) is 58.6 Å². The molecule has 102 valence electrons. The van der Waals surface area contributed by atoms with Gasteiger partial charge in [0.05, 0.1) is 10.2 Å². The Morgan fingerprint density at radius 2 is 2.00 bits per heavy atom. The molecule has 20 heavy (non-hydrogen) atoms. The summed E-state index contributed by atoms with van der Waals surface area (Å²) < 4.78 is 2.94. The first kappa shape index (κ1) is 12.9. The van der Waals surface area contributed by atoms with Crippen molar-refractivity contribution in [2.75, 3.05) is 0 Å². The number of rotatable bonds is 4. The number of fused-ring (bicyclic) bond motifs is 1. The van der Waals surface area contributed by atoms with E-state index in [0.29, 0.717) is 12.2 Å². The summed E-state index contributed by atoms with van der Waals surface area (Å²) in [6, 6.07) is 13.8. The lowest BCUT2D eigenvalue weighted by atomic mass is 10.2. The van der Waals surface area contributed by atoms with Gasteiger partial charge in [-0.3, -0.25) is 0 Å². The smallest absolute Gasteiger partial charge is 0.352 e. The van der Waals surface area contributed by atoms with Crippen molar-refractivity contribution in [1.29, 1.82) is 0 Å². The molecule has 2 heterocycles. The molecule has 0 radical (unpaired) electrons. The van der Waals surface area contributed by atoms with Gasteiger partial charge >= 0.3 is 5.97 Å². The minimum atomic E-state index is -0.873. The van der Waals surface area contributed by atoms with Crippen LogP contribution in [0.1, 0.15) is 27.9 Å². The largest absolute Gasteiger partial charge is 0.477 e. The zero-order chi connectivity index (χ0) is 14.1. The lowest BCUT2D eigenvalue weighted by molar-refractivity contribution is 0.0686. The number of hydrogen-bond donors (Lipinski definition) is 1. The molecule has 0 saturated carbocycles. The molecule has 0 aliphatic rings. The van der Waals surface area contributed by atoms with Crippen molar-refractivity contribution in [1.82, 2.24) is 4.57 Å². The first-order valence-electron chi connectivity index (χ1n) is 6.58. The fraction of sp³-hybridized carbons (Fsp3) is 0.188. The minimum absolute atomic E-state index is 0.359. The quantitative estimate of drug-likeness (QED) is 0.787. The molecule has 2 aromatic heterocycles. The Kier molecular flexibility index (Phi) is 3.32. The summed E-state index contributed by atoms with van der Waals surface area (Å²) in [4.78, 5) is 12.7. The van der Waals surface area contributed by atoms with E-state index < -0.39 is 5.97 Å². The van der Waals surface area contributed by atoms with Crippen LogP contribution < -0.4 is 0 Å². The van der Waals surface area contributed by atoms with E-state index >= 15 is 0 Å². The third-order valence-electron chi connectivity index (χ3n) is 3.39. The van der Waals surface area contributed by atoms with Crippen LogP contribution >= 0.6 is 11.3 Å². The lowest BCUT2D eigenvalue weighted by Crippen LogP contribution is -2.09. The maximum absolute atomic E-state index is 11.4. The third kappa shape index (κ3) is 2.23. The molecule has 0 aliphatic carbocycles. The third-order valence-corrected chi connectivity index (χ3v) is 4.61. The van der Waals surface area contributed by atoms with Crippen LogP contribution in [0.25, 0.3) is 10.2 Å². The molecular formula is C16H15NO2S. The molecule has 0 bridgehead atoms. The van der Waals surface area contributed by atoms with Gasteiger partial charge in [0.2, 0.25) is 0 Å². The predicted octanol–water partition coefficient (Wildman–Crippen LogP) is 4.01. The van der Waals surface area contributed by atoms with Crippen molar-refractivity contribution in [2.45, 2.75) is 19.9 Å². The number of carbonyl (C=O) groups is 1. The van der Waals surface area contributed by atoms with Crippen LogP contribution in [0.3, 0.4) is 0 Å². The normalized spacial score (nSPS) is 11.1. The fourth-order valence-corrected chi connectivity index (χ4v) is 3.42. The van der Waals surface area contributed by atoms with Crippen molar-refractivity contribution < 1.29 is 9.90 Å². The highest BCUT2D eigenvalue weighted by Gasteiger charge is 2.16. The van der Waals surface area contributed by atoms with Gasteiger partial charge in [0, 0.05) is 11.4 Å². The Balaban J connectivity index is 2.12. The molecule has 1 N–H and O–H groups in total. The molecule has 3 rings (SSSR count). The standard InChI is InChI=1S/C16H15NO2S/c1-2-12-8-13-15(20-12)9-14(16(18)19)17(13)10-11-6-4-3-5-7-11/h3-9H,2,10H2,1H3,(H,18,19). The van der Waals surface area contributed by atoms with Gasteiger partial charge in [0.1, 0.15) is 5.69 Å². The molecule has 1 aromatic carbocycles. The van der Waals surface area contributed by atoms with Gasteiger partial charge in [-0.05, 0) is 24.1 Å². The average molecular weight is 285 g/mol. The first-order chi connectivity index (χ1) is 9.69. The maximum Gasteiger partial charge on any atom is 0.352 e. The Labute approximate surface area is 121 Å². The second-order valence-electron chi connectivity index (χ2n) is 4.72. The molecule has 4 heteroatoms. The monoisotopic (exact) mass is 285 g/mol. The van der Waals surface area contributed by atoms with E-state index in [-0.39, 0.29) is 0 Å². The van der Waals surface area contributed by atoms with Crippen molar-refractivity contribution in [2.24, 2.45) is 0 Å². The van der Waals surface area contributed by atoms with E-state index in [1.54, 1.807) is 17.4 Å². The minimum Gasteiger partial charge on any atom is -0.477 e. The van der Waals surface area contributed by atoms with E-state index in [4.69, 9.17) is 0 Å². The van der Waals surface area contributed by atoms with Gasteiger partial charge in [-0.15, -0.1) is 11.3 Å². The summed E-state index contributed by atoms with van der Waals surface area (Å²) in [6.07, 6.45) is 0.979. The molecule has 3 nitrogen and oxygen atoms in total. The Morgan fingerprint density at radius 3 is 2.65 bits per heavy atom. The van der Waals surface area contributed by atoms with E-state index in [2.05, 4.69) is 13.0 Å². The van der Waals surface area contributed by atoms with Gasteiger partial charge < -0.3 is 9.67 Å². The van der Waals surface area contributed by atoms with Crippen molar-refractivity contribution in [3.63, 3.8) is 0 Å². The van der Waals surface area contributed by atoms with Crippen LogP contribution in [0.4, 0.5) is 0 Å². The second-order valence-corrected chi connectivity index (χ2v) is 5.89. The van der Waals surface area contributed by atoms with Gasteiger partial charge in [-0.2, -0.15) is 0 Å². The molecular weight excluding hydrogens is 270 g/mol. The SMILES string of the molecule is CCc1cc2c(cc(C(=O)O)n2Cc2ccccc2)s1. The summed E-state index contributed by atoms with van der Waals surface area (Å²) in [5.74, 6) is -0.873. The lowest BCUT2D eigenvalue weighted by Gasteiger charge is -2.07. The second kappa shape index (κ2) is 5.13. The highest BCUT2D eigenvalue weighted by molar-refractivity contribution is 7.19. The predicted molar refractivity (Wildman–Crippen MR) is 81.7 cm³/mol. The molecule has 3 aromatic rings. The van der Waals surface area contributed by atoms with E-state index in [9.17, 15) is 9.90 Å². The van der Waals surface area contributed by atoms with Crippen LogP contribution in [0.5, 0.6) is 0 Å².